The van der Waals surface area contributed by atoms with Gasteiger partial charge in [0.25, 0.3) is 0 Å². The van der Waals surface area contributed by atoms with E-state index in [0.717, 1.165) is 26.1 Å². The van der Waals surface area contributed by atoms with Gasteiger partial charge >= 0.3 is 0 Å². The van der Waals surface area contributed by atoms with Gasteiger partial charge in [-0.25, -0.2) is 0 Å². The van der Waals surface area contributed by atoms with Crippen LogP contribution in [0.25, 0.3) is 0 Å². The number of halogens is 2. The van der Waals surface area contributed by atoms with E-state index in [1.54, 1.807) is 18.2 Å². The molecule has 2 nitrogen and oxygen atoms in total. The molecule has 0 aromatic heterocycles. The molecule has 0 bridgehead atoms. The Labute approximate surface area is 132 Å². The van der Waals surface area contributed by atoms with Gasteiger partial charge in [-0.3, -0.25) is 4.79 Å². The SMILES string of the molecule is CCC(C)CN(CC)CCC(=O)c1cccc(Cl)c1Cl. The third-order valence-electron chi connectivity index (χ3n) is 3.62. The lowest BCUT2D eigenvalue weighted by Gasteiger charge is -2.23. The maximum absolute atomic E-state index is 12.2. The first-order valence-corrected chi connectivity index (χ1v) is 7.94. The number of rotatable bonds is 8. The molecule has 112 valence electrons. The first kappa shape index (κ1) is 17.5. The fourth-order valence-electron chi connectivity index (χ4n) is 2.06. The molecule has 0 aliphatic rings. The van der Waals surface area contributed by atoms with Crippen LogP contribution in [0, 0.1) is 5.92 Å². The van der Waals surface area contributed by atoms with Gasteiger partial charge in [0, 0.05) is 25.1 Å². The van der Waals surface area contributed by atoms with E-state index in [-0.39, 0.29) is 5.78 Å². The lowest BCUT2D eigenvalue weighted by Crippen LogP contribution is -2.30. The molecule has 0 saturated carbocycles. The van der Waals surface area contributed by atoms with Crippen molar-refractivity contribution in [1.82, 2.24) is 4.90 Å². The molecular formula is C16H23Cl2NO. The smallest absolute Gasteiger partial charge is 0.165 e. The molecule has 0 N–H and O–H groups in total. The topological polar surface area (TPSA) is 20.3 Å². The Hall–Kier alpha value is -0.570. The van der Waals surface area contributed by atoms with Gasteiger partial charge in [0.05, 0.1) is 10.0 Å². The average Bonchev–Trinajstić information content (AvgIpc) is 2.45. The standard InChI is InChI=1S/C16H23Cl2NO/c1-4-12(3)11-19(5-2)10-9-15(20)13-7-6-8-14(17)16(13)18/h6-8,12H,4-5,9-11H2,1-3H3. The molecule has 1 aromatic carbocycles. The van der Waals surface area contributed by atoms with Crippen LogP contribution in [-0.4, -0.2) is 30.3 Å². The molecule has 20 heavy (non-hydrogen) atoms. The maximum Gasteiger partial charge on any atom is 0.165 e. The highest BCUT2D eigenvalue weighted by Gasteiger charge is 2.14. The summed E-state index contributed by atoms with van der Waals surface area (Å²) in [4.78, 5) is 14.5. The van der Waals surface area contributed by atoms with Gasteiger partial charge < -0.3 is 4.90 Å². The predicted molar refractivity (Wildman–Crippen MR) is 87.0 cm³/mol. The number of carbonyl (C=O) groups is 1. The minimum Gasteiger partial charge on any atom is -0.303 e. The van der Waals surface area contributed by atoms with Gasteiger partial charge in [-0.1, -0.05) is 56.5 Å². The molecule has 1 aromatic rings. The Bertz CT molecular complexity index is 448. The summed E-state index contributed by atoms with van der Waals surface area (Å²) in [6.45, 7) is 9.31. The monoisotopic (exact) mass is 315 g/mol. The first-order chi connectivity index (χ1) is 9.49. The summed E-state index contributed by atoms with van der Waals surface area (Å²) in [5.41, 5.74) is 0.527. The fourth-order valence-corrected chi connectivity index (χ4v) is 2.47. The number of carbonyl (C=O) groups excluding carboxylic acids is 1. The van der Waals surface area contributed by atoms with Crippen LogP contribution in [0.3, 0.4) is 0 Å². The number of benzene rings is 1. The average molecular weight is 316 g/mol. The van der Waals surface area contributed by atoms with Crippen molar-refractivity contribution < 1.29 is 4.79 Å². The highest BCUT2D eigenvalue weighted by molar-refractivity contribution is 6.43. The van der Waals surface area contributed by atoms with Gasteiger partial charge in [-0.15, -0.1) is 0 Å². The van der Waals surface area contributed by atoms with Crippen molar-refractivity contribution in [2.45, 2.75) is 33.6 Å². The second-order valence-corrected chi connectivity index (χ2v) is 5.97. The molecule has 4 heteroatoms. The van der Waals surface area contributed by atoms with Crippen LogP contribution >= 0.6 is 23.2 Å². The highest BCUT2D eigenvalue weighted by atomic mass is 35.5. The highest BCUT2D eigenvalue weighted by Crippen LogP contribution is 2.26. The molecule has 0 spiro atoms. The van der Waals surface area contributed by atoms with Crippen LogP contribution in [0.4, 0.5) is 0 Å². The molecule has 0 amide bonds. The molecule has 1 rings (SSSR count). The molecule has 0 heterocycles. The molecule has 0 aliphatic carbocycles. The summed E-state index contributed by atoms with van der Waals surface area (Å²) in [6.07, 6.45) is 1.63. The second kappa shape index (κ2) is 8.66. The van der Waals surface area contributed by atoms with E-state index in [1.165, 1.54) is 0 Å². The minimum atomic E-state index is 0.0556. The van der Waals surface area contributed by atoms with Crippen molar-refractivity contribution >= 4 is 29.0 Å². The maximum atomic E-state index is 12.2. The zero-order valence-corrected chi connectivity index (χ0v) is 14.0. The van der Waals surface area contributed by atoms with Gasteiger partial charge in [0.1, 0.15) is 0 Å². The normalized spacial score (nSPS) is 12.7. The van der Waals surface area contributed by atoms with Gasteiger partial charge in [0.15, 0.2) is 5.78 Å². The summed E-state index contributed by atoms with van der Waals surface area (Å²) in [6, 6.07) is 5.20. The van der Waals surface area contributed by atoms with Gasteiger partial charge in [0.2, 0.25) is 0 Å². The zero-order valence-electron chi connectivity index (χ0n) is 12.5. The Morgan fingerprint density at radius 2 is 2.00 bits per heavy atom. The van der Waals surface area contributed by atoms with E-state index in [0.29, 0.717) is 27.9 Å². The molecule has 1 unspecified atom stereocenters. The Morgan fingerprint density at radius 3 is 2.60 bits per heavy atom. The number of hydrogen-bond acceptors (Lipinski definition) is 2. The lowest BCUT2D eigenvalue weighted by molar-refractivity contribution is 0.0961. The molecule has 0 fully saturated rings. The van der Waals surface area contributed by atoms with E-state index in [4.69, 9.17) is 23.2 Å². The van der Waals surface area contributed by atoms with Crippen molar-refractivity contribution in [2.24, 2.45) is 5.92 Å². The van der Waals surface area contributed by atoms with Crippen LogP contribution in [0.2, 0.25) is 10.0 Å². The van der Waals surface area contributed by atoms with Crippen molar-refractivity contribution in [3.05, 3.63) is 33.8 Å². The van der Waals surface area contributed by atoms with Crippen molar-refractivity contribution in [2.75, 3.05) is 19.6 Å². The predicted octanol–water partition coefficient (Wildman–Crippen LogP) is 4.93. The fraction of sp³-hybridized carbons (Fsp3) is 0.562. The molecular weight excluding hydrogens is 293 g/mol. The summed E-state index contributed by atoms with van der Waals surface area (Å²) in [5, 5.41) is 0.800. The Balaban J connectivity index is 2.60. The zero-order chi connectivity index (χ0) is 15.1. The number of ketones is 1. The van der Waals surface area contributed by atoms with E-state index >= 15 is 0 Å². The number of Topliss-reactive ketones (excluding diaryl/α,β-unsaturated/α-hetero) is 1. The Morgan fingerprint density at radius 1 is 1.30 bits per heavy atom. The van der Waals surface area contributed by atoms with Crippen molar-refractivity contribution in [3.63, 3.8) is 0 Å². The van der Waals surface area contributed by atoms with Crippen LogP contribution in [0.1, 0.15) is 44.0 Å². The van der Waals surface area contributed by atoms with E-state index in [9.17, 15) is 4.79 Å². The van der Waals surface area contributed by atoms with Crippen molar-refractivity contribution in [3.8, 4) is 0 Å². The van der Waals surface area contributed by atoms with Gasteiger partial charge in [-0.2, -0.15) is 0 Å². The third kappa shape index (κ3) is 5.08. The van der Waals surface area contributed by atoms with Crippen LogP contribution in [0.5, 0.6) is 0 Å². The van der Waals surface area contributed by atoms with E-state index < -0.39 is 0 Å². The quantitative estimate of drug-likeness (QED) is 0.634. The summed E-state index contributed by atoms with van der Waals surface area (Å²) in [5.74, 6) is 0.708. The first-order valence-electron chi connectivity index (χ1n) is 7.19. The lowest BCUT2D eigenvalue weighted by atomic mass is 10.1. The Kier molecular flexibility index (Phi) is 7.57. The largest absolute Gasteiger partial charge is 0.303 e. The molecule has 0 radical (unpaired) electrons. The molecule has 0 saturated heterocycles. The summed E-state index contributed by atoms with van der Waals surface area (Å²) >= 11 is 12.0. The van der Waals surface area contributed by atoms with E-state index in [1.807, 2.05) is 0 Å². The number of nitrogens with zero attached hydrogens (tertiary/aromatic N) is 1. The summed E-state index contributed by atoms with van der Waals surface area (Å²) < 4.78 is 0. The van der Waals surface area contributed by atoms with E-state index in [2.05, 4.69) is 25.7 Å². The van der Waals surface area contributed by atoms with Crippen LogP contribution in [-0.2, 0) is 0 Å². The molecule has 1 atom stereocenters. The van der Waals surface area contributed by atoms with Crippen LogP contribution < -0.4 is 0 Å². The summed E-state index contributed by atoms with van der Waals surface area (Å²) in [7, 11) is 0. The van der Waals surface area contributed by atoms with Gasteiger partial charge in [-0.05, 0) is 24.6 Å². The second-order valence-electron chi connectivity index (χ2n) is 5.18. The van der Waals surface area contributed by atoms with Crippen molar-refractivity contribution in [1.29, 1.82) is 0 Å². The molecule has 0 aliphatic heterocycles. The minimum absolute atomic E-state index is 0.0556. The van der Waals surface area contributed by atoms with Crippen LogP contribution in [0.15, 0.2) is 18.2 Å². The third-order valence-corrected chi connectivity index (χ3v) is 4.44. The number of hydrogen-bond donors (Lipinski definition) is 0.